The molecule has 3 unspecified atom stereocenters. The monoisotopic (exact) mass is 1520 g/mol. The van der Waals surface area contributed by atoms with Crippen LogP contribution >= 0.6 is 0 Å². The van der Waals surface area contributed by atoms with E-state index in [4.69, 9.17) is 114 Å². The minimum absolute atomic E-state index is 0.00449. The zero-order chi connectivity index (χ0) is 76.9. The molecule has 0 aromatic heterocycles. The highest BCUT2D eigenvalue weighted by Gasteiger charge is 2.29. The maximum Gasteiger partial charge on any atom is 0.243 e. The summed E-state index contributed by atoms with van der Waals surface area (Å²) in [6.45, 7) is 6.00. The van der Waals surface area contributed by atoms with E-state index >= 15 is 0 Å². The fourth-order valence-electron chi connectivity index (χ4n) is 7.97. The van der Waals surface area contributed by atoms with Crippen molar-refractivity contribution in [3.05, 3.63) is 35.9 Å². The Morgan fingerprint density at radius 1 is 0.333 bits per heavy atom. The van der Waals surface area contributed by atoms with E-state index in [1.165, 1.54) is 6.92 Å². The van der Waals surface area contributed by atoms with Crippen molar-refractivity contribution in [2.24, 2.45) is 5.92 Å². The first-order chi connectivity index (χ1) is 50.9. The summed E-state index contributed by atoms with van der Waals surface area (Å²) in [4.78, 5) is 126. The highest BCUT2D eigenvalue weighted by Crippen LogP contribution is 2.11. The van der Waals surface area contributed by atoms with Gasteiger partial charge in [-0.3, -0.25) is 47.9 Å². The first-order valence-electron chi connectivity index (χ1n) is 33.5. The zero-order valence-corrected chi connectivity index (χ0v) is 61.0. The lowest BCUT2D eigenvalue weighted by Crippen LogP contribution is -2.56. The fourth-order valence-corrected chi connectivity index (χ4v) is 7.97. The molecule has 40 nitrogen and oxygen atoms in total. The molecule has 3 atom stereocenters. The minimum atomic E-state index is -1.38. The summed E-state index contributed by atoms with van der Waals surface area (Å²) in [5.41, 5.74) is 0.668. The van der Waals surface area contributed by atoms with Gasteiger partial charge in [-0.1, -0.05) is 57.0 Å². The summed E-state index contributed by atoms with van der Waals surface area (Å²) in [5.74, 6) is -5.73. The van der Waals surface area contributed by atoms with Gasteiger partial charge in [-0.25, -0.2) is 0 Å². The standard InChI is InChI=1S/C65H110N6O34/c1-50(2)25-57(65(81)70-58(26-54-13-9-7-10-14-54)64(80)67-28-62(79)71-63(52(4)73)53(5)74)69-61(78)27-66-59(76)17-18-60(77)68-56(51(3)72)16-12-8-11-15-55(75)19-20-83-23-24-85-30-87-32-89-34-91-36-93-38-95-40-97-42-99-44-101-46-103-48-105-49-104-47-102-45-100-43-98-41-96-39-94-37-92-35-90-33-88-31-86-29-84-22-21-82-6/h7,9-10,13-14,50,56-58,63H,8,11-12,15-49H2,1-6H3,(H,66,76)(H,67,80)(H,68,77)(H,69,78)(H,70,81)(H,71,79). The van der Waals surface area contributed by atoms with Gasteiger partial charge in [0.15, 0.2) is 146 Å². The van der Waals surface area contributed by atoms with Crippen molar-refractivity contribution in [2.75, 3.05) is 196 Å². The number of hydrogen-bond acceptors (Lipinski definition) is 34. The Kier molecular flexibility index (Phi) is 64.1. The number of benzene rings is 1. The van der Waals surface area contributed by atoms with E-state index in [0.717, 1.165) is 13.8 Å². The van der Waals surface area contributed by atoms with Crippen molar-refractivity contribution in [3.8, 4) is 0 Å². The molecular formula is C65H110N6O34. The number of Topliss-reactive ketones (excluding diaryl/α,β-unsaturated/α-hetero) is 4. The van der Waals surface area contributed by atoms with Crippen LogP contribution in [0.2, 0.25) is 0 Å². The van der Waals surface area contributed by atoms with Crippen LogP contribution in [0.1, 0.15) is 98.0 Å². The number of methoxy groups -OCH3 is 1. The summed E-state index contributed by atoms with van der Waals surface area (Å²) >= 11 is 0. The van der Waals surface area contributed by atoms with Gasteiger partial charge >= 0.3 is 0 Å². The summed E-state index contributed by atoms with van der Waals surface area (Å²) in [5, 5.41) is 15.0. The van der Waals surface area contributed by atoms with Gasteiger partial charge in [0.2, 0.25) is 35.4 Å². The highest BCUT2D eigenvalue weighted by atomic mass is 16.9. The molecule has 0 aliphatic heterocycles. The molecule has 1 aromatic carbocycles. The van der Waals surface area contributed by atoms with Crippen molar-refractivity contribution >= 4 is 58.6 Å². The van der Waals surface area contributed by atoms with Crippen LogP contribution in [0.3, 0.4) is 0 Å². The quantitative estimate of drug-likeness (QED) is 0.0285. The lowest BCUT2D eigenvalue weighted by molar-refractivity contribution is -0.242. The average molecular weight is 1520 g/mol. The second kappa shape index (κ2) is 69.5. The van der Waals surface area contributed by atoms with Crippen LogP contribution in [0.15, 0.2) is 30.3 Å². The van der Waals surface area contributed by atoms with Crippen LogP contribution in [0.5, 0.6) is 0 Å². The Balaban J connectivity index is 1.98. The molecule has 0 fully saturated rings. The van der Waals surface area contributed by atoms with Crippen molar-refractivity contribution in [3.63, 3.8) is 0 Å². The van der Waals surface area contributed by atoms with Gasteiger partial charge in [0, 0.05) is 39.2 Å². The molecule has 105 heavy (non-hydrogen) atoms. The molecule has 0 spiro atoms. The maximum atomic E-state index is 13.7. The summed E-state index contributed by atoms with van der Waals surface area (Å²) in [7, 11) is 1.58. The molecule has 40 heteroatoms. The smallest absolute Gasteiger partial charge is 0.243 e. The Bertz CT molecular complexity index is 2410. The number of carbonyl (C=O) groups is 10. The van der Waals surface area contributed by atoms with Crippen LogP contribution in [0, 0.1) is 5.92 Å². The number of ketones is 4. The van der Waals surface area contributed by atoms with Crippen LogP contribution in [0.25, 0.3) is 0 Å². The molecule has 1 rings (SSSR count). The molecule has 1 aromatic rings. The minimum Gasteiger partial charge on any atom is -0.382 e. The lowest BCUT2D eigenvalue weighted by Gasteiger charge is -2.24. The van der Waals surface area contributed by atoms with Crippen molar-refractivity contribution in [1.82, 2.24) is 31.9 Å². The van der Waals surface area contributed by atoms with Gasteiger partial charge in [-0.15, -0.1) is 0 Å². The third-order valence-electron chi connectivity index (χ3n) is 12.9. The van der Waals surface area contributed by atoms with Crippen LogP contribution in [-0.2, 0) is 168 Å². The van der Waals surface area contributed by atoms with Gasteiger partial charge in [0.25, 0.3) is 0 Å². The van der Waals surface area contributed by atoms with Gasteiger partial charge in [-0.2, -0.15) is 0 Å². The molecule has 604 valence electrons. The molecule has 6 amide bonds. The predicted octanol–water partition coefficient (Wildman–Crippen LogP) is 0.0394. The number of rotatable bonds is 77. The Morgan fingerprint density at radius 3 is 1.12 bits per heavy atom. The molecular weight excluding hydrogens is 1410 g/mol. The van der Waals surface area contributed by atoms with Crippen molar-refractivity contribution < 1.29 is 162 Å². The third-order valence-corrected chi connectivity index (χ3v) is 12.9. The highest BCUT2D eigenvalue weighted by molar-refractivity contribution is 6.07. The molecule has 0 saturated carbocycles. The number of unbranched alkanes of at least 4 members (excludes halogenated alkanes) is 2. The van der Waals surface area contributed by atoms with E-state index in [9.17, 15) is 47.9 Å². The normalized spacial score (nSPS) is 12.2. The number of ether oxygens (including phenoxy) is 24. The fraction of sp³-hybridized carbons (Fsp3) is 0.754. The van der Waals surface area contributed by atoms with Gasteiger partial charge in [0.1, 0.15) is 37.5 Å². The van der Waals surface area contributed by atoms with Crippen molar-refractivity contribution in [2.45, 2.75) is 123 Å². The Labute approximate surface area is 611 Å². The molecule has 0 heterocycles. The maximum absolute atomic E-state index is 13.7. The van der Waals surface area contributed by atoms with E-state index in [1.807, 2.05) is 13.8 Å². The first-order valence-corrected chi connectivity index (χ1v) is 33.5. The summed E-state index contributed by atoms with van der Waals surface area (Å²) in [6, 6.07) is 4.16. The van der Waals surface area contributed by atoms with Crippen LogP contribution < -0.4 is 31.9 Å². The van der Waals surface area contributed by atoms with Crippen LogP contribution in [-0.4, -0.2) is 279 Å². The Hall–Kier alpha value is -6.24. The second-order valence-electron chi connectivity index (χ2n) is 22.3. The number of nitrogens with one attached hydrogen (secondary N) is 6. The van der Waals surface area contributed by atoms with E-state index < -0.39 is 84.3 Å². The third kappa shape index (κ3) is 61.5. The lowest BCUT2D eigenvalue weighted by atomic mass is 10.0. The van der Waals surface area contributed by atoms with E-state index in [1.54, 1.807) is 37.4 Å². The second-order valence-corrected chi connectivity index (χ2v) is 22.3. The molecule has 0 radical (unpaired) electrons. The molecule has 0 bridgehead atoms. The van der Waals surface area contributed by atoms with Gasteiger partial charge < -0.3 is 146 Å². The number of amides is 6. The van der Waals surface area contributed by atoms with Gasteiger partial charge in [-0.05, 0) is 51.5 Å². The number of carbonyl (C=O) groups excluding carboxylic acids is 10. The number of hydrogen-bond donors (Lipinski definition) is 6. The van der Waals surface area contributed by atoms with E-state index in [0.29, 0.717) is 50.9 Å². The molecule has 0 aliphatic rings. The van der Waals surface area contributed by atoms with E-state index in [2.05, 4.69) is 31.9 Å². The Morgan fingerprint density at radius 2 is 0.714 bits per heavy atom. The van der Waals surface area contributed by atoms with Crippen LogP contribution in [0.4, 0.5) is 0 Å². The average Bonchev–Trinajstić information content (AvgIpc) is 0.869. The predicted molar refractivity (Wildman–Crippen MR) is 356 cm³/mol. The molecule has 0 aliphatic carbocycles. The topological polar surface area (TPSA) is 464 Å². The van der Waals surface area contributed by atoms with Gasteiger partial charge in [0.05, 0.1) is 52.2 Å². The van der Waals surface area contributed by atoms with Crippen molar-refractivity contribution in [1.29, 1.82) is 0 Å². The summed E-state index contributed by atoms with van der Waals surface area (Å²) < 4.78 is 123. The first kappa shape index (κ1) is 96.8. The summed E-state index contributed by atoms with van der Waals surface area (Å²) in [6.07, 6.45) is 2.16. The molecule has 0 saturated heterocycles. The SMILES string of the molecule is COCCOCOCOCOCOCOCOCOCOCOCOCOCOCOCOCOCOCOCOCOCOCOCCOCCC(=O)CCCCCC(NC(=O)CCC(=O)NCC(=O)NC(CC(C)C)C(=O)NC(Cc1ccccc1)C(=O)NCC(=O)NC(C(C)=O)C(C)=O)C(C)=O. The largest absolute Gasteiger partial charge is 0.382 e. The van der Waals surface area contributed by atoms with E-state index in [-0.39, 0.29) is 212 Å². The molecule has 6 N–H and O–H groups in total. The zero-order valence-electron chi connectivity index (χ0n) is 61.0.